The van der Waals surface area contributed by atoms with Gasteiger partial charge in [-0.15, -0.1) is 11.3 Å². The molecule has 0 unspecified atom stereocenters. The highest BCUT2D eigenvalue weighted by molar-refractivity contribution is 7.22. The minimum absolute atomic E-state index is 0.0215. The SMILES string of the molecule is COc1ccc2c(Cl)c(C(=O)[O-])sc2c1Cl. The van der Waals surface area contributed by atoms with E-state index in [0.717, 1.165) is 11.3 Å². The first kappa shape index (κ1) is 11.5. The van der Waals surface area contributed by atoms with Crippen LogP contribution < -0.4 is 9.84 Å². The second-order valence-corrected chi connectivity index (χ2v) is 4.77. The zero-order valence-corrected chi connectivity index (χ0v) is 10.4. The molecule has 0 atom stereocenters. The number of carbonyl (C=O) groups is 1. The fraction of sp³-hybridized carbons (Fsp3) is 0.100. The van der Waals surface area contributed by atoms with E-state index in [9.17, 15) is 9.90 Å². The topological polar surface area (TPSA) is 49.4 Å². The third kappa shape index (κ3) is 1.63. The maximum Gasteiger partial charge on any atom is 0.138 e. The summed E-state index contributed by atoms with van der Waals surface area (Å²) < 4.78 is 5.62. The Morgan fingerprint density at radius 2 is 2.06 bits per heavy atom. The molecule has 84 valence electrons. The van der Waals surface area contributed by atoms with Crippen LogP contribution in [-0.4, -0.2) is 13.1 Å². The van der Waals surface area contributed by atoms with E-state index < -0.39 is 5.97 Å². The minimum atomic E-state index is -1.30. The summed E-state index contributed by atoms with van der Waals surface area (Å²) in [5.74, 6) is -0.821. The van der Waals surface area contributed by atoms with Gasteiger partial charge in [0.1, 0.15) is 10.8 Å². The molecule has 1 aromatic carbocycles. The van der Waals surface area contributed by atoms with Crippen molar-refractivity contribution in [3.63, 3.8) is 0 Å². The zero-order valence-electron chi connectivity index (χ0n) is 8.04. The van der Waals surface area contributed by atoms with Crippen LogP contribution in [0.1, 0.15) is 9.67 Å². The summed E-state index contributed by atoms with van der Waals surface area (Å²) in [6.45, 7) is 0. The lowest BCUT2D eigenvalue weighted by Gasteiger charge is -2.02. The number of hydrogen-bond donors (Lipinski definition) is 0. The van der Waals surface area contributed by atoms with Crippen LogP contribution in [0, 0.1) is 0 Å². The first-order valence-corrected chi connectivity index (χ1v) is 5.79. The first-order valence-electron chi connectivity index (χ1n) is 4.22. The summed E-state index contributed by atoms with van der Waals surface area (Å²) >= 11 is 12.9. The summed E-state index contributed by atoms with van der Waals surface area (Å²) in [4.78, 5) is 10.8. The van der Waals surface area contributed by atoms with Crippen molar-refractivity contribution in [1.82, 2.24) is 0 Å². The van der Waals surface area contributed by atoms with Gasteiger partial charge in [0.2, 0.25) is 0 Å². The van der Waals surface area contributed by atoms with Crippen LogP contribution in [0.15, 0.2) is 12.1 Å². The number of halogens is 2. The number of methoxy groups -OCH3 is 1. The molecule has 2 rings (SSSR count). The maximum atomic E-state index is 10.8. The predicted octanol–water partition coefficient (Wildman–Crippen LogP) is 2.58. The van der Waals surface area contributed by atoms with Gasteiger partial charge in [0.05, 0.1) is 27.7 Å². The standard InChI is InChI=1S/C10H6Cl2O3S/c1-15-5-3-2-4-6(11)9(10(13)14)16-8(4)7(5)12/h2-3H,1H3,(H,13,14)/p-1. The number of aromatic carboxylic acids is 1. The molecule has 1 aromatic heterocycles. The molecule has 2 aromatic rings. The molecule has 1 heterocycles. The lowest BCUT2D eigenvalue weighted by atomic mass is 10.2. The van der Waals surface area contributed by atoms with E-state index in [1.54, 1.807) is 12.1 Å². The fourth-order valence-corrected chi connectivity index (χ4v) is 3.09. The first-order chi connectivity index (χ1) is 7.56. The smallest absolute Gasteiger partial charge is 0.138 e. The largest absolute Gasteiger partial charge is 0.544 e. The van der Waals surface area contributed by atoms with Gasteiger partial charge in [0.25, 0.3) is 0 Å². The Morgan fingerprint density at radius 3 is 2.62 bits per heavy atom. The second-order valence-electron chi connectivity index (χ2n) is 2.99. The van der Waals surface area contributed by atoms with Crippen molar-refractivity contribution < 1.29 is 14.6 Å². The van der Waals surface area contributed by atoms with E-state index in [-0.39, 0.29) is 9.90 Å². The van der Waals surface area contributed by atoms with Crippen LogP contribution in [0.2, 0.25) is 10.0 Å². The average Bonchev–Trinajstić information content (AvgIpc) is 2.58. The third-order valence-corrected chi connectivity index (χ3v) is 4.30. The predicted molar refractivity (Wildman–Crippen MR) is 62.7 cm³/mol. The van der Waals surface area contributed by atoms with Crippen molar-refractivity contribution >= 4 is 50.6 Å². The Labute approximate surface area is 105 Å². The lowest BCUT2D eigenvalue weighted by molar-refractivity contribution is -0.254. The molecule has 0 aliphatic heterocycles. The fourth-order valence-electron chi connectivity index (χ4n) is 1.37. The Bertz CT molecular complexity index is 577. The van der Waals surface area contributed by atoms with Crippen LogP contribution in [-0.2, 0) is 0 Å². The number of carbonyl (C=O) groups excluding carboxylic acids is 1. The number of ether oxygens (including phenoxy) is 1. The monoisotopic (exact) mass is 275 g/mol. The van der Waals surface area contributed by atoms with E-state index in [1.807, 2.05) is 0 Å². The van der Waals surface area contributed by atoms with Crippen molar-refractivity contribution in [2.24, 2.45) is 0 Å². The quantitative estimate of drug-likeness (QED) is 0.847. The molecule has 0 bridgehead atoms. The number of rotatable bonds is 2. The van der Waals surface area contributed by atoms with Gasteiger partial charge in [-0.2, -0.15) is 0 Å². The lowest BCUT2D eigenvalue weighted by Crippen LogP contribution is -2.21. The average molecular weight is 276 g/mol. The molecule has 0 radical (unpaired) electrons. The number of fused-ring (bicyclic) bond motifs is 1. The Kier molecular flexibility index (Phi) is 2.97. The highest BCUT2D eigenvalue weighted by atomic mass is 35.5. The normalized spacial score (nSPS) is 10.7. The zero-order chi connectivity index (χ0) is 11.9. The van der Waals surface area contributed by atoms with Crippen molar-refractivity contribution in [2.45, 2.75) is 0 Å². The molecule has 0 spiro atoms. The maximum absolute atomic E-state index is 10.8. The van der Waals surface area contributed by atoms with Gasteiger partial charge in [-0.1, -0.05) is 23.2 Å². The number of carboxylic acids is 1. The Balaban J connectivity index is 2.81. The van der Waals surface area contributed by atoms with Gasteiger partial charge in [0.15, 0.2) is 0 Å². The van der Waals surface area contributed by atoms with E-state index in [0.29, 0.717) is 20.9 Å². The molecule has 3 nitrogen and oxygen atoms in total. The second kappa shape index (κ2) is 4.13. The van der Waals surface area contributed by atoms with Crippen LogP contribution in [0.3, 0.4) is 0 Å². The third-order valence-electron chi connectivity index (χ3n) is 2.11. The molecule has 16 heavy (non-hydrogen) atoms. The van der Waals surface area contributed by atoms with Crippen molar-refractivity contribution in [1.29, 1.82) is 0 Å². The summed E-state index contributed by atoms with van der Waals surface area (Å²) in [6, 6.07) is 3.31. The van der Waals surface area contributed by atoms with Gasteiger partial charge in [0, 0.05) is 5.39 Å². The minimum Gasteiger partial charge on any atom is -0.544 e. The van der Waals surface area contributed by atoms with Crippen LogP contribution >= 0.6 is 34.5 Å². The van der Waals surface area contributed by atoms with E-state index >= 15 is 0 Å². The molecule has 0 saturated heterocycles. The van der Waals surface area contributed by atoms with Crippen LogP contribution in [0.5, 0.6) is 5.75 Å². The highest BCUT2D eigenvalue weighted by Gasteiger charge is 2.15. The molecule has 0 saturated carbocycles. The number of hydrogen-bond acceptors (Lipinski definition) is 4. The molecule has 0 fully saturated rings. The molecule has 0 aliphatic rings. The molecular formula is C10H5Cl2O3S-. The van der Waals surface area contributed by atoms with E-state index in [1.165, 1.54) is 7.11 Å². The van der Waals surface area contributed by atoms with Gasteiger partial charge in [-0.05, 0) is 12.1 Å². The molecule has 0 N–H and O–H groups in total. The molecule has 0 aliphatic carbocycles. The van der Waals surface area contributed by atoms with Crippen molar-refractivity contribution in [3.8, 4) is 5.75 Å². The number of thiophene rings is 1. The Morgan fingerprint density at radius 1 is 1.38 bits per heavy atom. The van der Waals surface area contributed by atoms with Crippen molar-refractivity contribution in [3.05, 3.63) is 27.1 Å². The van der Waals surface area contributed by atoms with Crippen LogP contribution in [0.4, 0.5) is 0 Å². The van der Waals surface area contributed by atoms with E-state index in [4.69, 9.17) is 27.9 Å². The Hall–Kier alpha value is -0.970. The summed E-state index contributed by atoms with van der Waals surface area (Å²) in [5.41, 5.74) is 0. The molecular weight excluding hydrogens is 271 g/mol. The highest BCUT2D eigenvalue weighted by Crippen LogP contribution is 2.42. The van der Waals surface area contributed by atoms with Crippen molar-refractivity contribution in [2.75, 3.05) is 7.11 Å². The van der Waals surface area contributed by atoms with Gasteiger partial charge in [-0.25, -0.2) is 0 Å². The van der Waals surface area contributed by atoms with Gasteiger partial charge < -0.3 is 14.6 Å². The van der Waals surface area contributed by atoms with Gasteiger partial charge in [-0.3, -0.25) is 0 Å². The number of carboxylic acid groups (broad SMARTS) is 1. The summed E-state index contributed by atoms with van der Waals surface area (Å²) in [5, 5.41) is 11.9. The number of benzene rings is 1. The van der Waals surface area contributed by atoms with Crippen LogP contribution in [0.25, 0.3) is 10.1 Å². The summed E-state index contributed by atoms with van der Waals surface area (Å²) in [6.07, 6.45) is 0. The molecule has 6 heteroatoms. The molecule has 0 amide bonds. The van der Waals surface area contributed by atoms with E-state index in [2.05, 4.69) is 0 Å². The summed E-state index contributed by atoms with van der Waals surface area (Å²) in [7, 11) is 1.49. The van der Waals surface area contributed by atoms with Gasteiger partial charge >= 0.3 is 0 Å².